The van der Waals surface area contributed by atoms with Crippen molar-refractivity contribution in [1.82, 2.24) is 14.9 Å². The largest absolute Gasteiger partial charge is 0.454 e. The number of fused-ring (bicyclic) bond motifs is 1. The van der Waals surface area contributed by atoms with Crippen LogP contribution in [0.1, 0.15) is 10.4 Å². The summed E-state index contributed by atoms with van der Waals surface area (Å²) in [5.74, 6) is 0.641. The summed E-state index contributed by atoms with van der Waals surface area (Å²) in [6.45, 7) is 1.85. The number of nitrogens with zero attached hydrogens (tertiary/aromatic N) is 4. The number of hydrogen-bond acceptors (Lipinski definition) is 7. The van der Waals surface area contributed by atoms with Crippen LogP contribution < -0.4 is 19.7 Å². The van der Waals surface area contributed by atoms with Gasteiger partial charge in [0.25, 0.3) is 5.91 Å². The normalized spacial score (nSPS) is 14.5. The molecule has 0 aliphatic carbocycles. The van der Waals surface area contributed by atoms with E-state index < -0.39 is 5.82 Å². The number of amides is 1. The standard InChI is InChI=1S/C28H23F2N5O3/c29-20-5-1-3-7-22(20)32-27-19(16-31-26(33-27)18-9-10-24-25(15-18)38-17-37-24)28(36)35-13-11-34(12-14-35)23-8-4-2-6-21(23)30/h1-10,15-16H,11-14,17H2,(H,31,32,33). The first-order chi connectivity index (χ1) is 18.6. The third-order valence-corrected chi connectivity index (χ3v) is 6.54. The highest BCUT2D eigenvalue weighted by Crippen LogP contribution is 2.35. The Morgan fingerprint density at radius 3 is 2.39 bits per heavy atom. The molecule has 4 aromatic rings. The lowest BCUT2D eigenvalue weighted by Gasteiger charge is -2.36. The zero-order chi connectivity index (χ0) is 26.1. The summed E-state index contributed by atoms with van der Waals surface area (Å²) in [5.41, 5.74) is 1.56. The smallest absolute Gasteiger partial charge is 0.259 e. The minimum Gasteiger partial charge on any atom is -0.454 e. The molecule has 1 saturated heterocycles. The number of benzene rings is 3. The van der Waals surface area contributed by atoms with Gasteiger partial charge < -0.3 is 24.6 Å². The van der Waals surface area contributed by atoms with Crippen LogP contribution in [-0.2, 0) is 0 Å². The van der Waals surface area contributed by atoms with Gasteiger partial charge in [0.15, 0.2) is 17.3 Å². The number of ether oxygens (including phenoxy) is 2. The van der Waals surface area contributed by atoms with Crippen molar-refractivity contribution < 1.29 is 23.0 Å². The Hall–Kier alpha value is -4.73. The van der Waals surface area contributed by atoms with E-state index in [1.54, 1.807) is 59.5 Å². The maximum absolute atomic E-state index is 14.5. The summed E-state index contributed by atoms with van der Waals surface area (Å²) in [4.78, 5) is 26.2. The maximum Gasteiger partial charge on any atom is 0.259 e. The summed E-state index contributed by atoms with van der Waals surface area (Å²) >= 11 is 0. The second kappa shape index (κ2) is 9.97. The van der Waals surface area contributed by atoms with E-state index in [0.717, 1.165) is 0 Å². The van der Waals surface area contributed by atoms with Crippen molar-refractivity contribution in [2.45, 2.75) is 0 Å². The van der Waals surface area contributed by atoms with Crippen molar-refractivity contribution in [3.8, 4) is 22.9 Å². The number of rotatable bonds is 5. The first kappa shape index (κ1) is 23.7. The van der Waals surface area contributed by atoms with E-state index in [1.165, 1.54) is 18.3 Å². The molecule has 0 saturated carbocycles. The average Bonchev–Trinajstić information content (AvgIpc) is 3.42. The van der Waals surface area contributed by atoms with E-state index in [4.69, 9.17) is 9.47 Å². The van der Waals surface area contributed by atoms with Crippen molar-refractivity contribution in [3.05, 3.63) is 90.1 Å². The van der Waals surface area contributed by atoms with E-state index in [0.29, 0.717) is 54.8 Å². The summed E-state index contributed by atoms with van der Waals surface area (Å²) < 4.78 is 39.6. The lowest BCUT2D eigenvalue weighted by atomic mass is 10.1. The molecule has 0 bridgehead atoms. The Balaban J connectivity index is 1.29. The number of nitrogens with one attached hydrogen (secondary N) is 1. The molecule has 1 fully saturated rings. The van der Waals surface area contributed by atoms with Crippen molar-refractivity contribution in [1.29, 1.82) is 0 Å². The molecule has 6 rings (SSSR count). The Kier molecular flexibility index (Phi) is 6.20. The lowest BCUT2D eigenvalue weighted by molar-refractivity contribution is 0.0747. The first-order valence-corrected chi connectivity index (χ1v) is 12.1. The molecule has 192 valence electrons. The van der Waals surface area contributed by atoms with Crippen LogP contribution in [0.5, 0.6) is 11.5 Å². The molecule has 3 heterocycles. The molecule has 38 heavy (non-hydrogen) atoms. The molecule has 2 aliphatic rings. The van der Waals surface area contributed by atoms with Gasteiger partial charge in [-0.25, -0.2) is 18.7 Å². The van der Waals surface area contributed by atoms with Crippen LogP contribution in [0.15, 0.2) is 72.9 Å². The predicted molar refractivity (Wildman–Crippen MR) is 138 cm³/mol. The van der Waals surface area contributed by atoms with Gasteiger partial charge in [-0.05, 0) is 42.5 Å². The quantitative estimate of drug-likeness (QED) is 0.407. The number of hydrogen-bond donors (Lipinski definition) is 1. The van der Waals surface area contributed by atoms with Crippen LogP contribution in [0.2, 0.25) is 0 Å². The van der Waals surface area contributed by atoms with Crippen molar-refractivity contribution >= 4 is 23.1 Å². The van der Waals surface area contributed by atoms with Crippen LogP contribution in [0.3, 0.4) is 0 Å². The fourth-order valence-corrected chi connectivity index (χ4v) is 4.53. The molecule has 1 aromatic heterocycles. The van der Waals surface area contributed by atoms with E-state index in [1.807, 2.05) is 4.90 Å². The van der Waals surface area contributed by atoms with Gasteiger partial charge in [0, 0.05) is 37.9 Å². The van der Waals surface area contributed by atoms with Crippen LogP contribution >= 0.6 is 0 Å². The Morgan fingerprint density at radius 2 is 1.61 bits per heavy atom. The summed E-state index contributed by atoms with van der Waals surface area (Å²) in [7, 11) is 0. The van der Waals surface area contributed by atoms with Crippen LogP contribution in [0.4, 0.5) is 26.0 Å². The van der Waals surface area contributed by atoms with Gasteiger partial charge in [-0.1, -0.05) is 24.3 Å². The number of anilines is 3. The highest BCUT2D eigenvalue weighted by atomic mass is 19.1. The average molecular weight is 516 g/mol. The number of aromatic nitrogens is 2. The molecule has 1 amide bonds. The third-order valence-electron chi connectivity index (χ3n) is 6.54. The van der Waals surface area contributed by atoms with E-state index >= 15 is 0 Å². The van der Waals surface area contributed by atoms with Crippen LogP contribution in [-0.4, -0.2) is 53.7 Å². The zero-order valence-electron chi connectivity index (χ0n) is 20.2. The highest BCUT2D eigenvalue weighted by molar-refractivity contribution is 5.99. The van der Waals surface area contributed by atoms with E-state index in [2.05, 4.69) is 15.3 Å². The second-order valence-electron chi connectivity index (χ2n) is 8.86. The fourth-order valence-electron chi connectivity index (χ4n) is 4.53. The molecule has 3 aromatic carbocycles. The second-order valence-corrected chi connectivity index (χ2v) is 8.86. The molecule has 0 unspecified atom stereocenters. The van der Waals surface area contributed by atoms with Gasteiger partial charge in [0.05, 0.1) is 11.4 Å². The number of carbonyl (C=O) groups excluding carboxylic acids is 1. The van der Waals surface area contributed by atoms with Gasteiger partial charge in [-0.15, -0.1) is 0 Å². The lowest BCUT2D eigenvalue weighted by Crippen LogP contribution is -2.49. The minimum atomic E-state index is -0.479. The number of piperazine rings is 1. The molecule has 0 radical (unpaired) electrons. The molecule has 2 aliphatic heterocycles. The minimum absolute atomic E-state index is 0.136. The van der Waals surface area contributed by atoms with Crippen molar-refractivity contribution in [2.75, 3.05) is 43.2 Å². The number of para-hydroxylation sites is 2. The SMILES string of the molecule is O=C(c1cnc(-c2ccc3c(c2)OCO3)nc1Nc1ccccc1F)N1CCN(c2ccccc2F)CC1. The maximum atomic E-state index is 14.5. The zero-order valence-corrected chi connectivity index (χ0v) is 20.2. The topological polar surface area (TPSA) is 79.8 Å². The molecule has 10 heteroatoms. The Morgan fingerprint density at radius 1 is 0.868 bits per heavy atom. The third kappa shape index (κ3) is 4.56. The fraction of sp³-hybridized carbons (Fsp3) is 0.179. The number of halogens is 2. The first-order valence-electron chi connectivity index (χ1n) is 12.1. The van der Waals surface area contributed by atoms with Gasteiger partial charge in [-0.3, -0.25) is 4.79 Å². The van der Waals surface area contributed by atoms with Gasteiger partial charge in [0.1, 0.15) is 23.0 Å². The molecule has 0 atom stereocenters. The summed E-state index contributed by atoms with van der Waals surface area (Å²) in [6, 6.07) is 18.1. The molecule has 0 spiro atoms. The van der Waals surface area contributed by atoms with Gasteiger partial charge in [0.2, 0.25) is 6.79 Å². The van der Waals surface area contributed by atoms with Crippen LogP contribution in [0.25, 0.3) is 11.4 Å². The summed E-state index contributed by atoms with van der Waals surface area (Å²) in [5, 5.41) is 2.98. The Labute approximate surface area is 217 Å². The van der Waals surface area contributed by atoms with Crippen molar-refractivity contribution in [2.24, 2.45) is 0 Å². The van der Waals surface area contributed by atoms with Gasteiger partial charge >= 0.3 is 0 Å². The summed E-state index contributed by atoms with van der Waals surface area (Å²) in [6.07, 6.45) is 1.45. The molecular formula is C28H23F2N5O3. The van der Waals surface area contributed by atoms with Crippen LogP contribution in [0, 0.1) is 11.6 Å². The number of carbonyl (C=O) groups is 1. The monoisotopic (exact) mass is 515 g/mol. The van der Waals surface area contributed by atoms with E-state index in [9.17, 15) is 13.6 Å². The van der Waals surface area contributed by atoms with Gasteiger partial charge in [-0.2, -0.15) is 0 Å². The van der Waals surface area contributed by atoms with E-state index in [-0.39, 0.29) is 35.6 Å². The van der Waals surface area contributed by atoms with Crippen molar-refractivity contribution in [3.63, 3.8) is 0 Å². The molecular weight excluding hydrogens is 492 g/mol. The highest BCUT2D eigenvalue weighted by Gasteiger charge is 2.27. The molecule has 8 nitrogen and oxygen atoms in total. The Bertz CT molecular complexity index is 1510. The molecule has 1 N–H and O–H groups in total. The predicted octanol–water partition coefficient (Wildman–Crippen LogP) is 4.86.